The van der Waals surface area contributed by atoms with Gasteiger partial charge in [-0.3, -0.25) is 19.2 Å². The fourth-order valence-electron chi connectivity index (χ4n) is 3.13. The van der Waals surface area contributed by atoms with Crippen molar-refractivity contribution in [1.82, 2.24) is 5.32 Å². The lowest BCUT2D eigenvalue weighted by molar-refractivity contribution is -0.141. The van der Waals surface area contributed by atoms with E-state index in [9.17, 15) is 23.6 Å². The molecule has 0 bridgehead atoms. The molecule has 3 rings (SSSR count). The summed E-state index contributed by atoms with van der Waals surface area (Å²) in [6.45, 7) is 1.56. The monoisotopic (exact) mass is 477 g/mol. The zero-order valence-electron chi connectivity index (χ0n) is 19.2. The lowest BCUT2D eigenvalue weighted by Crippen LogP contribution is -2.31. The summed E-state index contributed by atoms with van der Waals surface area (Å²) in [5, 5.41) is 7.85. The summed E-state index contributed by atoms with van der Waals surface area (Å²) in [5.41, 5.74) is 2.50. The maximum atomic E-state index is 13.9. The van der Waals surface area contributed by atoms with Gasteiger partial charge >= 0.3 is 5.97 Å². The first-order valence-corrected chi connectivity index (χ1v) is 10.7. The van der Waals surface area contributed by atoms with Crippen LogP contribution in [0.1, 0.15) is 31.8 Å². The molecule has 0 aliphatic carbocycles. The van der Waals surface area contributed by atoms with Crippen molar-refractivity contribution in [2.75, 3.05) is 24.3 Å². The number of carbonyl (C=O) groups is 4. The molecule has 0 atom stereocenters. The van der Waals surface area contributed by atoms with E-state index in [-0.39, 0.29) is 24.4 Å². The van der Waals surface area contributed by atoms with E-state index >= 15 is 0 Å². The third-order valence-electron chi connectivity index (χ3n) is 5.10. The maximum absolute atomic E-state index is 13.9. The molecule has 0 fully saturated rings. The topological polar surface area (TPSA) is 114 Å². The molecule has 3 amide bonds. The summed E-state index contributed by atoms with van der Waals surface area (Å²) >= 11 is 0. The van der Waals surface area contributed by atoms with Gasteiger partial charge in [-0.25, -0.2) is 4.39 Å². The van der Waals surface area contributed by atoms with Crippen LogP contribution in [0.25, 0.3) is 0 Å². The van der Waals surface area contributed by atoms with Crippen molar-refractivity contribution in [3.63, 3.8) is 0 Å². The molecule has 0 radical (unpaired) electrons. The number of aryl methyl sites for hydroxylation is 1. The Labute approximate surface area is 201 Å². The molecule has 8 nitrogen and oxygen atoms in total. The third-order valence-corrected chi connectivity index (χ3v) is 5.10. The van der Waals surface area contributed by atoms with Crippen LogP contribution in [0.5, 0.6) is 0 Å². The molecule has 3 aromatic rings. The number of hydrogen-bond acceptors (Lipinski definition) is 5. The molecule has 35 heavy (non-hydrogen) atoms. The van der Waals surface area contributed by atoms with Crippen LogP contribution < -0.4 is 16.0 Å². The molecule has 0 aromatic heterocycles. The Bertz CT molecular complexity index is 1260. The van der Waals surface area contributed by atoms with Crippen molar-refractivity contribution >= 4 is 35.1 Å². The Morgan fingerprint density at radius 1 is 0.886 bits per heavy atom. The lowest BCUT2D eigenvalue weighted by atomic mass is 10.1. The highest BCUT2D eigenvalue weighted by Crippen LogP contribution is 2.20. The minimum absolute atomic E-state index is 0.0637. The number of halogens is 1. The fraction of sp³-hybridized carbons (Fsp3) is 0.154. The van der Waals surface area contributed by atoms with Crippen molar-refractivity contribution in [3.05, 3.63) is 94.8 Å². The molecule has 3 N–H and O–H groups in total. The highest BCUT2D eigenvalue weighted by atomic mass is 19.1. The highest BCUT2D eigenvalue weighted by Gasteiger charge is 2.14. The number of rotatable bonds is 8. The Morgan fingerprint density at radius 3 is 2.29 bits per heavy atom. The van der Waals surface area contributed by atoms with E-state index in [1.54, 1.807) is 49.4 Å². The summed E-state index contributed by atoms with van der Waals surface area (Å²) in [6, 6.07) is 17.1. The average Bonchev–Trinajstić information content (AvgIpc) is 2.85. The van der Waals surface area contributed by atoms with Crippen LogP contribution >= 0.6 is 0 Å². The molecule has 9 heteroatoms. The number of hydrogen-bond donors (Lipinski definition) is 3. The van der Waals surface area contributed by atoms with E-state index in [1.807, 2.05) is 0 Å². The van der Waals surface area contributed by atoms with Crippen LogP contribution in [0.2, 0.25) is 0 Å². The number of ether oxygens (including phenoxy) is 1. The first-order chi connectivity index (χ1) is 16.8. The van der Waals surface area contributed by atoms with Crippen LogP contribution in [0.3, 0.4) is 0 Å². The van der Waals surface area contributed by atoms with E-state index in [4.69, 9.17) is 0 Å². The van der Waals surface area contributed by atoms with Crippen molar-refractivity contribution in [2.45, 2.75) is 13.3 Å². The number of nitrogens with one attached hydrogen (secondary N) is 3. The molecule has 0 aliphatic heterocycles. The normalized spacial score (nSPS) is 10.3. The molecule has 0 unspecified atom stereocenters. The Morgan fingerprint density at radius 2 is 1.60 bits per heavy atom. The molecular formula is C26H24FN3O5. The van der Waals surface area contributed by atoms with E-state index in [1.165, 1.54) is 31.4 Å². The van der Waals surface area contributed by atoms with Crippen LogP contribution in [-0.4, -0.2) is 37.3 Å². The van der Waals surface area contributed by atoms with Gasteiger partial charge in [-0.1, -0.05) is 30.3 Å². The minimum Gasteiger partial charge on any atom is -0.468 e. The molecule has 3 aromatic carbocycles. The summed E-state index contributed by atoms with van der Waals surface area (Å²) in [4.78, 5) is 48.2. The zero-order valence-corrected chi connectivity index (χ0v) is 19.2. The summed E-state index contributed by atoms with van der Waals surface area (Å²) in [6.07, 6.45) is 0.0637. The first kappa shape index (κ1) is 25.1. The molecular weight excluding hydrogens is 453 g/mol. The summed E-state index contributed by atoms with van der Waals surface area (Å²) < 4.78 is 18.4. The van der Waals surface area contributed by atoms with Gasteiger partial charge in [-0.15, -0.1) is 0 Å². The number of methoxy groups -OCH3 is 1. The first-order valence-electron chi connectivity index (χ1n) is 10.7. The largest absolute Gasteiger partial charge is 0.468 e. The molecule has 0 spiro atoms. The van der Waals surface area contributed by atoms with Crippen LogP contribution in [0.15, 0.2) is 66.7 Å². The number of anilines is 2. The van der Waals surface area contributed by atoms with E-state index in [2.05, 4.69) is 20.7 Å². The van der Waals surface area contributed by atoms with Crippen LogP contribution in [-0.2, 0) is 20.7 Å². The van der Waals surface area contributed by atoms with Gasteiger partial charge in [0.05, 0.1) is 19.1 Å². The van der Waals surface area contributed by atoms with E-state index < -0.39 is 23.6 Å². The zero-order chi connectivity index (χ0) is 25.4. The molecule has 0 saturated carbocycles. The van der Waals surface area contributed by atoms with Crippen LogP contribution in [0.4, 0.5) is 15.8 Å². The fourth-order valence-corrected chi connectivity index (χ4v) is 3.13. The van der Waals surface area contributed by atoms with Crippen molar-refractivity contribution in [2.24, 2.45) is 0 Å². The smallest absolute Gasteiger partial charge is 0.325 e. The quantitative estimate of drug-likeness (QED) is 0.430. The number of benzene rings is 3. The van der Waals surface area contributed by atoms with Gasteiger partial charge in [0.25, 0.3) is 11.8 Å². The van der Waals surface area contributed by atoms with Crippen molar-refractivity contribution in [3.8, 4) is 0 Å². The third kappa shape index (κ3) is 6.97. The minimum atomic E-state index is -0.638. The SMILES string of the molecule is COC(=O)CNC(=O)Cc1ccc(NC(=O)c2ccc(C)c(NC(=O)c3ccccc3F)c2)cc1. The Kier molecular flexibility index (Phi) is 8.29. The van der Waals surface area contributed by atoms with E-state index in [0.29, 0.717) is 28.1 Å². The Hall–Kier alpha value is -4.53. The maximum Gasteiger partial charge on any atom is 0.325 e. The van der Waals surface area contributed by atoms with Crippen molar-refractivity contribution in [1.29, 1.82) is 0 Å². The van der Waals surface area contributed by atoms with Crippen molar-refractivity contribution < 1.29 is 28.3 Å². The second-order valence-electron chi connectivity index (χ2n) is 7.64. The summed E-state index contributed by atoms with van der Waals surface area (Å²) in [7, 11) is 1.24. The van der Waals surface area contributed by atoms with Crippen LogP contribution in [0, 0.1) is 12.7 Å². The number of esters is 1. The number of amides is 3. The van der Waals surface area contributed by atoms with Gasteiger partial charge in [0, 0.05) is 16.9 Å². The standard InChI is InChI=1S/C26H24FN3O5/c1-16-7-10-18(14-22(16)30-26(34)20-5-3-4-6-21(20)27)25(33)29-19-11-8-17(9-12-19)13-23(31)28-15-24(32)35-2/h3-12,14H,13,15H2,1-2H3,(H,28,31)(H,29,33)(H,30,34). The molecule has 0 heterocycles. The average molecular weight is 477 g/mol. The number of carbonyl (C=O) groups excluding carboxylic acids is 4. The van der Waals surface area contributed by atoms with Gasteiger partial charge in [-0.05, 0) is 54.4 Å². The Balaban J connectivity index is 1.63. The molecule has 0 saturated heterocycles. The molecule has 180 valence electrons. The van der Waals surface area contributed by atoms with Gasteiger partial charge < -0.3 is 20.7 Å². The summed E-state index contributed by atoms with van der Waals surface area (Å²) in [5.74, 6) is -2.54. The van der Waals surface area contributed by atoms with Gasteiger partial charge in [0.1, 0.15) is 12.4 Å². The highest BCUT2D eigenvalue weighted by molar-refractivity contribution is 6.08. The van der Waals surface area contributed by atoms with Gasteiger partial charge in [0.15, 0.2) is 0 Å². The van der Waals surface area contributed by atoms with Gasteiger partial charge in [0.2, 0.25) is 5.91 Å². The van der Waals surface area contributed by atoms with Gasteiger partial charge in [-0.2, -0.15) is 0 Å². The predicted molar refractivity (Wildman–Crippen MR) is 129 cm³/mol. The second-order valence-corrected chi connectivity index (χ2v) is 7.64. The predicted octanol–water partition coefficient (Wildman–Crippen LogP) is 3.47. The second kappa shape index (κ2) is 11.6. The van der Waals surface area contributed by atoms with E-state index in [0.717, 1.165) is 0 Å². The molecule has 0 aliphatic rings. The lowest BCUT2D eigenvalue weighted by Gasteiger charge is -2.12.